The van der Waals surface area contributed by atoms with E-state index in [1.807, 2.05) is 0 Å². The molecule has 1 rings (SSSR count). The first-order chi connectivity index (χ1) is 7.54. The summed E-state index contributed by atoms with van der Waals surface area (Å²) in [5.74, 6) is -1.35. The lowest BCUT2D eigenvalue weighted by Crippen LogP contribution is -2.33. The summed E-state index contributed by atoms with van der Waals surface area (Å²) < 4.78 is 0. The Balaban J connectivity index is 2.69. The van der Waals surface area contributed by atoms with Crippen molar-refractivity contribution in [3.63, 3.8) is 0 Å². The van der Waals surface area contributed by atoms with Crippen molar-refractivity contribution >= 4 is 11.9 Å². The molecule has 0 spiro atoms. The molecule has 0 saturated heterocycles. The highest BCUT2D eigenvalue weighted by molar-refractivity contribution is 5.92. The Morgan fingerprint density at radius 2 is 2.19 bits per heavy atom. The zero-order valence-corrected chi connectivity index (χ0v) is 8.82. The number of aromatic nitrogens is 2. The smallest absolute Gasteiger partial charge is 0.323 e. The van der Waals surface area contributed by atoms with Crippen LogP contribution in [0.25, 0.3) is 0 Å². The van der Waals surface area contributed by atoms with Crippen LogP contribution < -0.4 is 5.69 Å². The number of carboxylic acids is 1. The van der Waals surface area contributed by atoms with Gasteiger partial charge in [-0.15, -0.1) is 0 Å². The summed E-state index contributed by atoms with van der Waals surface area (Å²) in [6, 6.07) is 0. The first-order valence-electron chi connectivity index (χ1n) is 4.83. The van der Waals surface area contributed by atoms with Gasteiger partial charge < -0.3 is 20.0 Å². The second kappa shape index (κ2) is 5.15. The number of carbonyl (C=O) groups excluding carboxylic acids is 1. The average Bonchev–Trinajstić information content (AvgIpc) is 2.65. The fraction of sp³-hybridized carbons (Fsp3) is 0.444. The number of amides is 1. The minimum absolute atomic E-state index is 0.117. The molecule has 1 aromatic heterocycles. The standard InChI is InChI=1S/C9H13N3O4/c1-2-12(4-3-7(13)14)8(15)6-5-10-9(16)11-6/h5H,2-4H2,1H3,(H,13,14)(H2,10,11,16). The fourth-order valence-electron chi connectivity index (χ4n) is 1.25. The van der Waals surface area contributed by atoms with Crippen LogP contribution in [-0.2, 0) is 4.79 Å². The van der Waals surface area contributed by atoms with Gasteiger partial charge in [-0.2, -0.15) is 0 Å². The molecule has 7 nitrogen and oxygen atoms in total. The second-order valence-electron chi connectivity index (χ2n) is 3.19. The van der Waals surface area contributed by atoms with E-state index in [9.17, 15) is 14.4 Å². The fourth-order valence-corrected chi connectivity index (χ4v) is 1.25. The topological polar surface area (TPSA) is 106 Å². The van der Waals surface area contributed by atoms with Crippen LogP contribution in [0.2, 0.25) is 0 Å². The molecule has 0 fully saturated rings. The van der Waals surface area contributed by atoms with Gasteiger partial charge in [-0.05, 0) is 6.92 Å². The van der Waals surface area contributed by atoms with Crippen molar-refractivity contribution in [2.75, 3.05) is 13.1 Å². The number of carboxylic acid groups (broad SMARTS) is 1. The summed E-state index contributed by atoms with van der Waals surface area (Å²) in [6.07, 6.45) is 1.16. The van der Waals surface area contributed by atoms with Crippen LogP contribution in [0.3, 0.4) is 0 Å². The minimum Gasteiger partial charge on any atom is -0.481 e. The number of rotatable bonds is 5. The molecule has 0 saturated carbocycles. The van der Waals surface area contributed by atoms with Crippen LogP contribution >= 0.6 is 0 Å². The maximum Gasteiger partial charge on any atom is 0.323 e. The molecular weight excluding hydrogens is 214 g/mol. The highest BCUT2D eigenvalue weighted by atomic mass is 16.4. The molecule has 1 aromatic rings. The highest BCUT2D eigenvalue weighted by Gasteiger charge is 2.16. The third kappa shape index (κ3) is 2.97. The highest BCUT2D eigenvalue weighted by Crippen LogP contribution is 2.00. The quantitative estimate of drug-likeness (QED) is 0.638. The SMILES string of the molecule is CCN(CCC(=O)O)C(=O)c1c[nH]c(=O)[nH]1. The summed E-state index contributed by atoms with van der Waals surface area (Å²) in [7, 11) is 0. The van der Waals surface area contributed by atoms with E-state index in [-0.39, 0.29) is 24.6 Å². The van der Waals surface area contributed by atoms with E-state index in [4.69, 9.17) is 5.11 Å². The first kappa shape index (κ1) is 12.0. The molecule has 0 atom stereocenters. The molecule has 88 valence electrons. The average molecular weight is 227 g/mol. The lowest BCUT2D eigenvalue weighted by Gasteiger charge is -2.18. The maximum atomic E-state index is 11.7. The number of aromatic amines is 2. The molecule has 0 aliphatic rings. The molecule has 0 aliphatic heterocycles. The van der Waals surface area contributed by atoms with Crippen molar-refractivity contribution in [3.05, 3.63) is 22.4 Å². The Kier molecular flexibility index (Phi) is 3.87. The Morgan fingerprint density at radius 1 is 1.50 bits per heavy atom. The van der Waals surface area contributed by atoms with Crippen LogP contribution in [0.1, 0.15) is 23.8 Å². The summed E-state index contributed by atoms with van der Waals surface area (Å²) in [5.41, 5.74) is -0.324. The monoisotopic (exact) mass is 227 g/mol. The van der Waals surface area contributed by atoms with Gasteiger partial charge in [0.25, 0.3) is 5.91 Å². The molecule has 0 unspecified atom stereocenters. The summed E-state index contributed by atoms with van der Waals surface area (Å²) in [6.45, 7) is 2.25. The van der Waals surface area contributed by atoms with Gasteiger partial charge in [0, 0.05) is 19.3 Å². The number of nitrogens with zero attached hydrogens (tertiary/aromatic N) is 1. The van der Waals surface area contributed by atoms with E-state index in [1.165, 1.54) is 11.1 Å². The summed E-state index contributed by atoms with van der Waals surface area (Å²) >= 11 is 0. The van der Waals surface area contributed by atoms with Gasteiger partial charge in [0.15, 0.2) is 0 Å². The Labute approximate surface area is 91.1 Å². The van der Waals surface area contributed by atoms with E-state index >= 15 is 0 Å². The third-order valence-corrected chi connectivity index (χ3v) is 2.09. The Hall–Kier alpha value is -2.05. The molecule has 16 heavy (non-hydrogen) atoms. The summed E-state index contributed by atoms with van der Waals surface area (Å²) in [5, 5.41) is 8.51. The molecule has 0 bridgehead atoms. The van der Waals surface area contributed by atoms with Gasteiger partial charge in [-0.25, -0.2) is 4.79 Å². The predicted octanol–water partition coefficient (Wildman–Crippen LogP) is -0.360. The number of nitrogens with one attached hydrogen (secondary N) is 2. The van der Waals surface area contributed by atoms with Crippen molar-refractivity contribution in [1.82, 2.24) is 14.9 Å². The van der Waals surface area contributed by atoms with Gasteiger partial charge in [-0.3, -0.25) is 9.59 Å². The zero-order chi connectivity index (χ0) is 12.1. The van der Waals surface area contributed by atoms with E-state index in [2.05, 4.69) is 9.97 Å². The molecule has 0 aliphatic carbocycles. The number of carbonyl (C=O) groups is 2. The molecule has 0 aromatic carbocycles. The van der Waals surface area contributed by atoms with Gasteiger partial charge >= 0.3 is 11.7 Å². The maximum absolute atomic E-state index is 11.7. The second-order valence-corrected chi connectivity index (χ2v) is 3.19. The predicted molar refractivity (Wildman–Crippen MR) is 55.2 cm³/mol. The molecule has 1 amide bonds. The summed E-state index contributed by atoms with van der Waals surface area (Å²) in [4.78, 5) is 38.9. The van der Waals surface area contributed by atoms with Crippen LogP contribution in [0, 0.1) is 0 Å². The number of aliphatic carboxylic acids is 1. The molecule has 0 radical (unpaired) electrons. The van der Waals surface area contributed by atoms with Gasteiger partial charge in [0.2, 0.25) is 0 Å². The van der Waals surface area contributed by atoms with Crippen LogP contribution in [0.5, 0.6) is 0 Å². The van der Waals surface area contributed by atoms with Gasteiger partial charge in [-0.1, -0.05) is 0 Å². The van der Waals surface area contributed by atoms with Gasteiger partial charge in [0.05, 0.1) is 6.42 Å². The molecule has 7 heteroatoms. The lowest BCUT2D eigenvalue weighted by molar-refractivity contribution is -0.137. The van der Waals surface area contributed by atoms with E-state index in [0.717, 1.165) is 0 Å². The largest absolute Gasteiger partial charge is 0.481 e. The molecule has 3 N–H and O–H groups in total. The number of hydrogen-bond acceptors (Lipinski definition) is 3. The van der Waals surface area contributed by atoms with Crippen molar-refractivity contribution in [3.8, 4) is 0 Å². The van der Waals surface area contributed by atoms with Gasteiger partial charge in [0.1, 0.15) is 5.69 Å². The Bertz CT molecular complexity index is 434. The number of imidazole rings is 1. The van der Waals surface area contributed by atoms with E-state index in [1.54, 1.807) is 6.92 Å². The zero-order valence-electron chi connectivity index (χ0n) is 8.82. The first-order valence-corrected chi connectivity index (χ1v) is 4.83. The third-order valence-electron chi connectivity index (χ3n) is 2.09. The minimum atomic E-state index is -0.964. The van der Waals surface area contributed by atoms with Crippen molar-refractivity contribution in [2.45, 2.75) is 13.3 Å². The van der Waals surface area contributed by atoms with Crippen molar-refractivity contribution in [2.24, 2.45) is 0 Å². The molecular formula is C9H13N3O4. The number of H-pyrrole nitrogens is 2. The van der Waals surface area contributed by atoms with Crippen molar-refractivity contribution < 1.29 is 14.7 Å². The van der Waals surface area contributed by atoms with Crippen LogP contribution in [-0.4, -0.2) is 44.9 Å². The van der Waals surface area contributed by atoms with Crippen LogP contribution in [0.15, 0.2) is 11.0 Å². The van der Waals surface area contributed by atoms with E-state index < -0.39 is 11.7 Å². The van der Waals surface area contributed by atoms with E-state index in [0.29, 0.717) is 6.54 Å². The lowest BCUT2D eigenvalue weighted by atomic mass is 10.3. The van der Waals surface area contributed by atoms with Crippen LogP contribution in [0.4, 0.5) is 0 Å². The molecule has 1 heterocycles. The Morgan fingerprint density at radius 3 is 2.62 bits per heavy atom. The normalized spacial score (nSPS) is 10.1. The number of hydrogen-bond donors (Lipinski definition) is 3. The van der Waals surface area contributed by atoms with Crippen molar-refractivity contribution in [1.29, 1.82) is 0 Å².